The van der Waals surface area contributed by atoms with Gasteiger partial charge < -0.3 is 43.0 Å². The summed E-state index contributed by atoms with van der Waals surface area (Å²) >= 11 is 0. The van der Waals surface area contributed by atoms with Crippen LogP contribution in [-0.2, 0) is 52.3 Å². The van der Waals surface area contributed by atoms with Crippen LogP contribution in [0.2, 0.25) is 0 Å². The van der Waals surface area contributed by atoms with Crippen LogP contribution in [-0.4, -0.2) is 125 Å². The second-order valence-electron chi connectivity index (χ2n) is 24.3. The molecule has 0 spiro atoms. The molecule has 0 rings (SSSR count). The average molecular weight is 1230 g/mol. The summed E-state index contributed by atoms with van der Waals surface area (Å²) in [7, 11) is 3.96. The summed E-state index contributed by atoms with van der Waals surface area (Å²) < 4.78 is 43.0. The smallest absolute Gasteiger partial charge is 0.306 e. The lowest BCUT2D eigenvalue weighted by Gasteiger charge is -2.32. The summed E-state index contributed by atoms with van der Waals surface area (Å²) in [5.74, 6) is -1.42. The fourth-order valence-electron chi connectivity index (χ4n) is 9.94. The number of rotatable bonds is 66. The molecule has 0 bridgehead atoms. The molecule has 0 aliphatic heterocycles. The summed E-state index contributed by atoms with van der Waals surface area (Å²) in [4.78, 5) is 58.5. The second kappa shape index (κ2) is 65.6. The molecule has 1 unspecified atom stereocenters. The van der Waals surface area contributed by atoms with Gasteiger partial charge in [0.05, 0.1) is 12.5 Å². The molecular weight excluding hydrogens is 1090 g/mol. The Hall–Kier alpha value is -3.36. The maximum absolute atomic E-state index is 14.3. The van der Waals surface area contributed by atoms with Crippen molar-refractivity contribution in [1.29, 1.82) is 0 Å². The molecule has 0 saturated heterocycles. The first-order valence-corrected chi connectivity index (χ1v) is 36.1. The van der Waals surface area contributed by atoms with Crippen molar-refractivity contribution in [3.8, 4) is 0 Å². The third-order valence-electron chi connectivity index (χ3n) is 15.5. The van der Waals surface area contributed by atoms with Gasteiger partial charge in [-0.1, -0.05) is 167 Å². The van der Waals surface area contributed by atoms with Crippen molar-refractivity contribution in [2.45, 2.75) is 336 Å². The monoisotopic (exact) mass is 1230 g/mol. The van der Waals surface area contributed by atoms with Crippen molar-refractivity contribution >= 4 is 23.8 Å². The fraction of sp³-hybridized carbons (Fsp3) is 0.838. The highest BCUT2D eigenvalue weighted by atomic mass is 16.7. The van der Waals surface area contributed by atoms with E-state index >= 15 is 0 Å². The van der Waals surface area contributed by atoms with Gasteiger partial charge in [0.15, 0.2) is 12.6 Å². The Morgan fingerprint density at radius 3 is 1.09 bits per heavy atom. The number of allylic oxidation sites excluding steroid dienone is 8. The van der Waals surface area contributed by atoms with E-state index in [1.165, 1.54) is 51.4 Å². The highest BCUT2D eigenvalue weighted by molar-refractivity contribution is 5.82. The van der Waals surface area contributed by atoms with Gasteiger partial charge in [0.1, 0.15) is 19.3 Å². The van der Waals surface area contributed by atoms with Crippen molar-refractivity contribution < 1.29 is 52.3 Å². The minimum absolute atomic E-state index is 0.0623. The lowest BCUT2D eigenvalue weighted by Crippen LogP contribution is -2.47. The summed E-state index contributed by atoms with van der Waals surface area (Å²) in [6.07, 6.45) is 55.8. The predicted octanol–water partition coefficient (Wildman–Crippen LogP) is 19.2. The highest BCUT2D eigenvalue weighted by Gasteiger charge is 2.28. The molecule has 13 heteroatoms. The van der Waals surface area contributed by atoms with Crippen molar-refractivity contribution in [2.75, 3.05) is 66.8 Å². The Morgan fingerprint density at radius 2 is 0.724 bits per heavy atom. The van der Waals surface area contributed by atoms with Crippen molar-refractivity contribution in [1.82, 2.24) is 9.80 Å². The van der Waals surface area contributed by atoms with Gasteiger partial charge in [-0.05, 0) is 188 Å². The van der Waals surface area contributed by atoms with Gasteiger partial charge in [0, 0.05) is 52.2 Å². The lowest BCUT2D eigenvalue weighted by atomic mass is 10.1. The third-order valence-corrected chi connectivity index (χ3v) is 15.5. The first-order chi connectivity index (χ1) is 42.5. The Bertz CT molecular complexity index is 1530. The maximum atomic E-state index is 14.3. The minimum atomic E-state index is -0.746. The van der Waals surface area contributed by atoms with Crippen molar-refractivity contribution in [3.63, 3.8) is 0 Å². The first-order valence-electron chi connectivity index (χ1n) is 36.1. The van der Waals surface area contributed by atoms with E-state index in [-0.39, 0.29) is 81.4 Å². The molecular formula is C74H136N2O11. The average Bonchev–Trinajstić information content (AvgIpc) is 3.66. The second-order valence-corrected chi connectivity index (χ2v) is 24.3. The van der Waals surface area contributed by atoms with Crippen LogP contribution >= 0.6 is 0 Å². The van der Waals surface area contributed by atoms with E-state index in [2.05, 4.69) is 95.1 Å². The van der Waals surface area contributed by atoms with E-state index in [0.717, 1.165) is 161 Å². The molecule has 0 heterocycles. The van der Waals surface area contributed by atoms with E-state index < -0.39 is 6.04 Å². The minimum Gasteiger partial charge on any atom is -0.463 e. The number of hydrogen-bond acceptors (Lipinski definition) is 12. The number of amides is 1. The lowest BCUT2D eigenvalue weighted by molar-refractivity contribution is -0.156. The van der Waals surface area contributed by atoms with Gasteiger partial charge in [0.25, 0.3) is 0 Å². The summed E-state index contributed by atoms with van der Waals surface area (Å²) in [6.45, 7) is 16.4. The van der Waals surface area contributed by atoms with Crippen LogP contribution in [0, 0.1) is 0 Å². The Morgan fingerprint density at radius 1 is 0.345 bits per heavy atom. The van der Waals surface area contributed by atoms with Gasteiger partial charge in [0.2, 0.25) is 5.91 Å². The molecule has 1 atom stereocenters. The number of carbonyl (C=O) groups is 4. The zero-order chi connectivity index (χ0) is 63.7. The number of ether oxygens (including phenoxy) is 7. The van der Waals surface area contributed by atoms with E-state index in [1.807, 2.05) is 14.1 Å². The van der Waals surface area contributed by atoms with Crippen LogP contribution in [0.3, 0.4) is 0 Å². The van der Waals surface area contributed by atoms with Crippen molar-refractivity contribution in [2.24, 2.45) is 0 Å². The van der Waals surface area contributed by atoms with Crippen LogP contribution in [0.5, 0.6) is 0 Å². The van der Waals surface area contributed by atoms with E-state index in [1.54, 1.807) is 4.90 Å². The molecule has 0 aromatic rings. The molecule has 13 nitrogen and oxygen atoms in total. The third kappa shape index (κ3) is 57.5. The molecule has 0 fully saturated rings. The molecule has 0 aliphatic carbocycles. The van der Waals surface area contributed by atoms with Gasteiger partial charge >= 0.3 is 17.9 Å². The molecule has 0 aromatic heterocycles. The molecule has 1 amide bonds. The predicted molar refractivity (Wildman–Crippen MR) is 362 cm³/mol. The van der Waals surface area contributed by atoms with Gasteiger partial charge in [-0.15, -0.1) is 0 Å². The quantitative estimate of drug-likeness (QED) is 0.0188. The number of hydrogen-bond donors (Lipinski definition) is 0. The molecule has 0 radical (unpaired) electrons. The van der Waals surface area contributed by atoms with Crippen LogP contribution in [0.25, 0.3) is 0 Å². The van der Waals surface area contributed by atoms with E-state index in [9.17, 15) is 19.2 Å². The van der Waals surface area contributed by atoms with Crippen LogP contribution in [0.4, 0.5) is 0 Å². The zero-order valence-electron chi connectivity index (χ0n) is 57.7. The highest BCUT2D eigenvalue weighted by Crippen LogP contribution is 2.19. The largest absolute Gasteiger partial charge is 0.463 e. The Labute approximate surface area is 535 Å². The normalized spacial score (nSPS) is 12.5. The summed E-state index contributed by atoms with van der Waals surface area (Å²) in [6, 6.07) is -0.746. The van der Waals surface area contributed by atoms with Gasteiger partial charge in [-0.2, -0.15) is 0 Å². The summed E-state index contributed by atoms with van der Waals surface area (Å²) in [5.41, 5.74) is 0. The van der Waals surface area contributed by atoms with Crippen LogP contribution in [0.1, 0.15) is 311 Å². The number of carbonyl (C=O) groups excluding carboxylic acids is 4. The van der Waals surface area contributed by atoms with Gasteiger partial charge in [-0.3, -0.25) is 19.2 Å². The van der Waals surface area contributed by atoms with Crippen molar-refractivity contribution in [3.05, 3.63) is 48.6 Å². The molecule has 0 aromatic carbocycles. The van der Waals surface area contributed by atoms with Gasteiger partial charge in [-0.25, -0.2) is 0 Å². The maximum Gasteiger partial charge on any atom is 0.306 e. The SMILES string of the molecule is CCCC/C=C\CCCCOC(CCCCC(=O)OCC(COC(=O)CCCCC(OCCCC/C=C\CCCC)OCCCC/C=C\CCCC)N(CCCN(C)C)C(=O)CCC(=O)OC(CCC)CCCCCC)OCCCC/C=C\CCCC. The topological polar surface area (TPSA) is 139 Å². The summed E-state index contributed by atoms with van der Waals surface area (Å²) in [5, 5.41) is 0. The van der Waals surface area contributed by atoms with E-state index in [4.69, 9.17) is 33.2 Å². The molecule has 508 valence electrons. The first kappa shape index (κ1) is 83.6. The van der Waals surface area contributed by atoms with Crippen LogP contribution < -0.4 is 0 Å². The molecule has 0 saturated carbocycles. The molecule has 0 N–H and O–H groups in total. The Kier molecular flexibility index (Phi) is 63.1. The fourth-order valence-corrected chi connectivity index (χ4v) is 9.94. The van der Waals surface area contributed by atoms with E-state index in [0.29, 0.717) is 71.6 Å². The Balaban J connectivity index is 6.03. The van der Waals surface area contributed by atoms with Crippen LogP contribution in [0.15, 0.2) is 48.6 Å². The zero-order valence-corrected chi connectivity index (χ0v) is 57.7. The standard InChI is InChI=1S/C74H136N2O11/c1-9-15-20-25-29-33-37-46-61-81-73(82-62-47-38-34-30-26-21-16-10-2)55-44-42-53-70(78)85-65-67(76(60-50-59-75(7)8)69(77)57-58-72(80)87-68(51-14-6)52-41-24-19-13-5)66-86-71(79)54-43-45-56-74(83-63-48-39-35-31-27-22-17-11-3)84-64-49-40-36-32-28-23-18-12-4/h25-32,67-68,73-74H,9-24,33-66H2,1-8H3/b29-25-,30-26-,31-27-,32-28-. The molecule has 0 aliphatic rings. The molecule has 87 heavy (non-hydrogen) atoms. The number of nitrogens with zero attached hydrogens (tertiary/aromatic N) is 2. The number of esters is 3. The number of unbranched alkanes of at least 4 members (excludes halogenated alkanes) is 21.